The molecule has 2 aromatic heterocycles. The van der Waals surface area contributed by atoms with Crippen LogP contribution in [0.4, 0.5) is 21.4 Å². The highest BCUT2D eigenvalue weighted by Gasteiger charge is 2.52. The highest BCUT2D eigenvalue weighted by atomic mass is 16.3. The molecule has 0 radical (unpaired) electrons. The van der Waals surface area contributed by atoms with Crippen molar-refractivity contribution in [3.8, 4) is 0 Å². The second-order valence-corrected chi connectivity index (χ2v) is 14.0. The van der Waals surface area contributed by atoms with Gasteiger partial charge >= 0.3 is 12.1 Å². The topological polar surface area (TPSA) is 234 Å². The number of anilines is 2. The summed E-state index contributed by atoms with van der Waals surface area (Å²) in [6, 6.07) is 5.23. The number of hydrogen-bond donors (Lipinski definition) is 8. The molecule has 4 fully saturated rings. The molecule has 18 nitrogen and oxygen atoms in total. The molecule has 0 unspecified atom stereocenters. The zero-order chi connectivity index (χ0) is 35.8. The molecule has 0 bridgehead atoms. The lowest BCUT2D eigenvalue weighted by atomic mass is 10.1. The summed E-state index contributed by atoms with van der Waals surface area (Å²) in [5, 5.41) is 54.1. The zero-order valence-corrected chi connectivity index (χ0v) is 28.3. The van der Waals surface area contributed by atoms with Crippen LogP contribution in [0, 0.1) is 0 Å². The number of likely N-dealkylation sites (N-methyl/N-ethyl adjacent to an activating group) is 1. The Morgan fingerprint density at radius 2 is 1.73 bits per heavy atom. The molecule has 0 spiro atoms. The number of aliphatic hydroxyl groups is 4. The zero-order valence-electron chi connectivity index (χ0n) is 28.3. The van der Waals surface area contributed by atoms with Gasteiger partial charge in [-0.05, 0) is 44.8 Å². The number of benzene rings is 1. The van der Waals surface area contributed by atoms with Crippen LogP contribution in [0.3, 0.4) is 0 Å². The van der Waals surface area contributed by atoms with Gasteiger partial charge in [-0.15, -0.1) is 0 Å². The molecule has 3 saturated heterocycles. The van der Waals surface area contributed by atoms with Gasteiger partial charge in [0.25, 0.3) is 5.91 Å². The van der Waals surface area contributed by atoms with Gasteiger partial charge in [0.15, 0.2) is 17.0 Å². The standard InChI is InChI=1S/C33H45N11O7/c1-41-9-7-19(13-41)36-32(50)37-20-8-10-42(14-20)31-39-28(35-21(15-45)11-18-5-3-2-4-6-18)25-29(40-31)43(17-34-25)23-12-24(27(48)26(23)47)44-30(49)22(16-46)38-33(44)51/h2-6,17,19-24,26-27,45-48H,7-16H2,1H3,(H,38,51)(H,35,39,40)(H2,36,37,50)/t19-,20-,21+,22+,23-,24+,26+,27-/m1/s1. The monoisotopic (exact) mass is 707 g/mol. The van der Waals surface area contributed by atoms with Crippen molar-refractivity contribution in [3.05, 3.63) is 42.2 Å². The third kappa shape index (κ3) is 7.01. The Kier molecular flexibility index (Phi) is 9.93. The van der Waals surface area contributed by atoms with E-state index in [1.165, 1.54) is 6.33 Å². The highest BCUT2D eigenvalue weighted by Crippen LogP contribution is 2.38. The van der Waals surface area contributed by atoms with E-state index in [1.807, 2.05) is 42.3 Å². The maximum Gasteiger partial charge on any atom is 0.325 e. The van der Waals surface area contributed by atoms with Crippen LogP contribution in [-0.2, 0) is 11.2 Å². The number of imidazole rings is 1. The van der Waals surface area contributed by atoms with E-state index >= 15 is 0 Å². The molecule has 1 aromatic carbocycles. The Labute approximate surface area is 293 Å². The first-order valence-corrected chi connectivity index (χ1v) is 17.4. The van der Waals surface area contributed by atoms with Crippen molar-refractivity contribution in [1.29, 1.82) is 0 Å². The van der Waals surface area contributed by atoms with Gasteiger partial charge in [0.1, 0.15) is 18.2 Å². The van der Waals surface area contributed by atoms with Gasteiger partial charge in [-0.1, -0.05) is 30.3 Å². The van der Waals surface area contributed by atoms with Crippen LogP contribution in [-0.4, -0.2) is 157 Å². The van der Waals surface area contributed by atoms with Crippen molar-refractivity contribution >= 4 is 40.9 Å². The summed E-state index contributed by atoms with van der Waals surface area (Å²) in [6.45, 7) is 1.94. The normalized spacial score (nSPS) is 28.8. The maximum atomic E-state index is 12.9. The lowest BCUT2D eigenvalue weighted by molar-refractivity contribution is -0.131. The molecule has 18 heteroatoms. The van der Waals surface area contributed by atoms with Gasteiger partial charge in [0.2, 0.25) is 5.95 Å². The molecular weight excluding hydrogens is 662 g/mol. The number of nitrogens with zero attached hydrogens (tertiary/aromatic N) is 7. The molecule has 3 aliphatic heterocycles. The molecule has 51 heavy (non-hydrogen) atoms. The number of rotatable bonds is 11. The number of hydrogen-bond acceptors (Lipinski definition) is 13. The number of urea groups is 2. The van der Waals surface area contributed by atoms with Crippen LogP contribution in [0.5, 0.6) is 0 Å². The molecule has 1 aliphatic carbocycles. The van der Waals surface area contributed by atoms with Gasteiger partial charge in [-0.3, -0.25) is 9.69 Å². The van der Waals surface area contributed by atoms with Gasteiger partial charge in [0, 0.05) is 31.7 Å². The summed E-state index contributed by atoms with van der Waals surface area (Å²) in [6.07, 6.45) is 0.671. The Bertz CT molecular complexity index is 1740. The quantitative estimate of drug-likeness (QED) is 0.105. The van der Waals surface area contributed by atoms with Crippen LogP contribution in [0.15, 0.2) is 36.7 Å². The van der Waals surface area contributed by atoms with Crippen LogP contribution in [0.2, 0.25) is 0 Å². The molecule has 4 aliphatic rings. The fourth-order valence-corrected chi connectivity index (χ4v) is 7.67. The molecule has 7 rings (SSSR count). The summed E-state index contributed by atoms with van der Waals surface area (Å²) >= 11 is 0. The average Bonchev–Trinajstić information content (AvgIpc) is 3.95. The largest absolute Gasteiger partial charge is 0.394 e. The number of aromatic nitrogens is 4. The second kappa shape index (κ2) is 14.5. The highest BCUT2D eigenvalue weighted by molar-refractivity contribution is 6.04. The third-order valence-electron chi connectivity index (χ3n) is 10.4. The maximum absolute atomic E-state index is 12.9. The fourth-order valence-electron chi connectivity index (χ4n) is 7.67. The molecular formula is C33H45N11O7. The minimum absolute atomic E-state index is 0.00206. The predicted octanol–water partition coefficient (Wildman–Crippen LogP) is -1.63. The smallest absolute Gasteiger partial charge is 0.325 e. The van der Waals surface area contributed by atoms with E-state index in [0.717, 1.165) is 30.0 Å². The number of amides is 5. The predicted molar refractivity (Wildman–Crippen MR) is 184 cm³/mol. The summed E-state index contributed by atoms with van der Waals surface area (Å²) in [4.78, 5) is 57.7. The summed E-state index contributed by atoms with van der Waals surface area (Å²) in [5.74, 6) is 0.0170. The number of carbonyl (C=O) groups excluding carboxylic acids is 3. The Morgan fingerprint density at radius 1 is 1.00 bits per heavy atom. The number of nitrogens with one attached hydrogen (secondary N) is 4. The number of fused-ring (bicyclic) bond motifs is 1. The molecule has 8 atom stereocenters. The van der Waals surface area contributed by atoms with E-state index in [2.05, 4.69) is 31.2 Å². The SMILES string of the molecule is CN1CC[C@@H](NC(=O)N[C@@H]2CCN(c3nc(N[C@H](CO)Cc4ccccc4)c4ncn([C@@H]5C[C@H](N6C(=O)N[C@@H](CO)C6=O)[C@@H](O)[C@H]5O)c4n3)C2)C1. The van der Waals surface area contributed by atoms with Gasteiger partial charge in [0.05, 0.1) is 37.7 Å². The molecule has 3 aromatic rings. The van der Waals surface area contributed by atoms with E-state index in [0.29, 0.717) is 48.9 Å². The summed E-state index contributed by atoms with van der Waals surface area (Å²) < 4.78 is 1.62. The van der Waals surface area contributed by atoms with Gasteiger partial charge in [-0.2, -0.15) is 9.97 Å². The first-order valence-electron chi connectivity index (χ1n) is 17.4. The van der Waals surface area contributed by atoms with Gasteiger partial charge < -0.3 is 56.1 Å². The van der Waals surface area contributed by atoms with Crippen molar-refractivity contribution in [2.75, 3.05) is 56.7 Å². The number of likely N-dealkylation sites (tertiary alicyclic amines) is 1. The van der Waals surface area contributed by atoms with E-state index in [9.17, 15) is 34.8 Å². The van der Waals surface area contributed by atoms with Crippen molar-refractivity contribution in [2.45, 2.75) is 74.1 Å². The van der Waals surface area contributed by atoms with E-state index in [4.69, 9.17) is 9.97 Å². The van der Waals surface area contributed by atoms with Crippen LogP contribution >= 0.6 is 0 Å². The third-order valence-corrected chi connectivity index (χ3v) is 10.4. The first-order chi connectivity index (χ1) is 24.6. The number of carbonyl (C=O) groups is 3. The second-order valence-electron chi connectivity index (χ2n) is 14.0. The number of imide groups is 1. The van der Waals surface area contributed by atoms with Crippen molar-refractivity contribution in [2.24, 2.45) is 0 Å². The lowest BCUT2D eigenvalue weighted by Crippen LogP contribution is -2.47. The lowest BCUT2D eigenvalue weighted by Gasteiger charge is -2.24. The van der Waals surface area contributed by atoms with E-state index in [-0.39, 0.29) is 31.1 Å². The van der Waals surface area contributed by atoms with E-state index < -0.39 is 54.9 Å². The summed E-state index contributed by atoms with van der Waals surface area (Å²) in [7, 11) is 2.03. The van der Waals surface area contributed by atoms with E-state index in [1.54, 1.807) is 4.57 Å². The van der Waals surface area contributed by atoms with Crippen molar-refractivity contribution < 1.29 is 34.8 Å². The minimum Gasteiger partial charge on any atom is -0.394 e. The minimum atomic E-state index is -1.47. The molecule has 5 heterocycles. The Balaban J connectivity index is 1.16. The summed E-state index contributed by atoms with van der Waals surface area (Å²) in [5.41, 5.74) is 1.70. The van der Waals surface area contributed by atoms with Crippen LogP contribution in [0.1, 0.15) is 30.9 Å². The molecule has 274 valence electrons. The fraction of sp³-hybridized carbons (Fsp3) is 0.576. The van der Waals surface area contributed by atoms with Crippen LogP contribution in [0.25, 0.3) is 11.2 Å². The van der Waals surface area contributed by atoms with Crippen molar-refractivity contribution in [1.82, 2.24) is 45.3 Å². The van der Waals surface area contributed by atoms with Gasteiger partial charge in [-0.25, -0.2) is 14.6 Å². The van der Waals surface area contributed by atoms with Crippen molar-refractivity contribution in [3.63, 3.8) is 0 Å². The first kappa shape index (κ1) is 34.8. The molecule has 1 saturated carbocycles. The average molecular weight is 708 g/mol. The molecule has 8 N–H and O–H groups in total. The number of aliphatic hydroxyl groups excluding tert-OH is 4. The Hall–Kier alpha value is -4.62. The Morgan fingerprint density at radius 3 is 2.41 bits per heavy atom. The molecule has 5 amide bonds. The van der Waals surface area contributed by atoms with Crippen LogP contribution < -0.4 is 26.2 Å².